The SMILES string of the molecule is CCCC[C@H](N)c1cc(C)cc(C)c1. The van der Waals surface area contributed by atoms with Crippen molar-refractivity contribution in [3.8, 4) is 0 Å². The number of benzene rings is 1. The Bertz CT molecular complexity index is 271. The third-order valence-electron chi connectivity index (χ3n) is 2.54. The van der Waals surface area contributed by atoms with E-state index in [0.717, 1.165) is 6.42 Å². The largest absolute Gasteiger partial charge is 0.324 e. The van der Waals surface area contributed by atoms with Crippen LogP contribution in [0.1, 0.15) is 48.9 Å². The van der Waals surface area contributed by atoms with Crippen molar-refractivity contribution >= 4 is 0 Å². The van der Waals surface area contributed by atoms with E-state index in [0.29, 0.717) is 0 Å². The van der Waals surface area contributed by atoms with Gasteiger partial charge in [-0.05, 0) is 25.8 Å². The van der Waals surface area contributed by atoms with Crippen molar-refractivity contribution in [3.63, 3.8) is 0 Å². The van der Waals surface area contributed by atoms with Crippen molar-refractivity contribution in [2.75, 3.05) is 0 Å². The molecule has 0 saturated carbocycles. The summed E-state index contributed by atoms with van der Waals surface area (Å²) in [5, 5.41) is 0. The molecule has 1 nitrogen and oxygen atoms in total. The van der Waals surface area contributed by atoms with Gasteiger partial charge in [0.15, 0.2) is 0 Å². The maximum atomic E-state index is 6.12. The van der Waals surface area contributed by atoms with E-state index < -0.39 is 0 Å². The minimum atomic E-state index is 0.216. The Morgan fingerprint density at radius 3 is 2.21 bits per heavy atom. The molecule has 14 heavy (non-hydrogen) atoms. The van der Waals surface area contributed by atoms with Crippen molar-refractivity contribution < 1.29 is 0 Å². The highest BCUT2D eigenvalue weighted by Crippen LogP contribution is 2.19. The van der Waals surface area contributed by atoms with Crippen molar-refractivity contribution in [1.29, 1.82) is 0 Å². The first-order chi connectivity index (χ1) is 6.63. The zero-order chi connectivity index (χ0) is 10.6. The molecular formula is C13H21N. The summed E-state index contributed by atoms with van der Waals surface area (Å²) in [6, 6.07) is 6.81. The van der Waals surface area contributed by atoms with Gasteiger partial charge in [0, 0.05) is 6.04 Å². The van der Waals surface area contributed by atoms with Crippen LogP contribution >= 0.6 is 0 Å². The third kappa shape index (κ3) is 3.15. The molecule has 1 aromatic carbocycles. The molecule has 1 rings (SSSR count). The van der Waals surface area contributed by atoms with Gasteiger partial charge in [-0.25, -0.2) is 0 Å². The summed E-state index contributed by atoms with van der Waals surface area (Å²) >= 11 is 0. The Morgan fingerprint density at radius 1 is 1.14 bits per heavy atom. The summed E-state index contributed by atoms with van der Waals surface area (Å²) in [5.74, 6) is 0. The summed E-state index contributed by atoms with van der Waals surface area (Å²) in [5.41, 5.74) is 10.0. The predicted molar refractivity (Wildman–Crippen MR) is 62.4 cm³/mol. The molecule has 2 N–H and O–H groups in total. The standard InChI is InChI=1S/C13H21N/c1-4-5-6-13(14)12-8-10(2)7-11(3)9-12/h7-9,13H,4-6,14H2,1-3H3/t13-/m0/s1. The first-order valence-corrected chi connectivity index (χ1v) is 5.47. The van der Waals surface area contributed by atoms with E-state index in [9.17, 15) is 0 Å². The molecule has 0 unspecified atom stereocenters. The predicted octanol–water partition coefficient (Wildman–Crippen LogP) is 3.49. The molecule has 78 valence electrons. The fourth-order valence-corrected chi connectivity index (χ4v) is 1.81. The maximum absolute atomic E-state index is 6.12. The lowest BCUT2D eigenvalue weighted by Crippen LogP contribution is -2.10. The molecule has 1 atom stereocenters. The molecule has 0 amide bonds. The minimum absolute atomic E-state index is 0.216. The second kappa shape index (κ2) is 5.16. The molecule has 0 fully saturated rings. The smallest absolute Gasteiger partial charge is 0.0295 e. The van der Waals surface area contributed by atoms with Crippen LogP contribution in [0.3, 0.4) is 0 Å². The van der Waals surface area contributed by atoms with Gasteiger partial charge in [0.2, 0.25) is 0 Å². The average molecular weight is 191 g/mol. The second-order valence-electron chi connectivity index (χ2n) is 4.17. The lowest BCUT2D eigenvalue weighted by molar-refractivity contribution is 0.603. The van der Waals surface area contributed by atoms with E-state index >= 15 is 0 Å². The minimum Gasteiger partial charge on any atom is -0.324 e. The number of aryl methyl sites for hydroxylation is 2. The van der Waals surface area contributed by atoms with E-state index in [1.165, 1.54) is 29.5 Å². The normalized spacial score (nSPS) is 12.9. The van der Waals surface area contributed by atoms with Gasteiger partial charge in [-0.15, -0.1) is 0 Å². The van der Waals surface area contributed by atoms with Crippen LogP contribution < -0.4 is 5.73 Å². The molecule has 0 spiro atoms. The van der Waals surface area contributed by atoms with Crippen LogP contribution in [0, 0.1) is 13.8 Å². The van der Waals surface area contributed by atoms with Crippen molar-refractivity contribution in [2.24, 2.45) is 5.73 Å². The molecule has 0 aliphatic rings. The first-order valence-electron chi connectivity index (χ1n) is 5.47. The van der Waals surface area contributed by atoms with Crippen LogP contribution in [0.5, 0.6) is 0 Å². The van der Waals surface area contributed by atoms with E-state index in [1.54, 1.807) is 0 Å². The summed E-state index contributed by atoms with van der Waals surface area (Å²) in [6.45, 7) is 6.46. The molecule has 0 heterocycles. The zero-order valence-electron chi connectivity index (χ0n) is 9.51. The Morgan fingerprint density at radius 2 is 1.71 bits per heavy atom. The summed E-state index contributed by atoms with van der Waals surface area (Å²) < 4.78 is 0. The van der Waals surface area contributed by atoms with Gasteiger partial charge in [-0.3, -0.25) is 0 Å². The lowest BCUT2D eigenvalue weighted by atomic mass is 9.98. The topological polar surface area (TPSA) is 26.0 Å². The van der Waals surface area contributed by atoms with Gasteiger partial charge >= 0.3 is 0 Å². The molecular weight excluding hydrogens is 170 g/mol. The van der Waals surface area contributed by atoms with Crippen LogP contribution in [-0.4, -0.2) is 0 Å². The monoisotopic (exact) mass is 191 g/mol. The van der Waals surface area contributed by atoms with Crippen molar-refractivity contribution in [2.45, 2.75) is 46.1 Å². The first kappa shape index (κ1) is 11.3. The van der Waals surface area contributed by atoms with E-state index in [1.807, 2.05) is 0 Å². The van der Waals surface area contributed by atoms with Gasteiger partial charge in [-0.1, -0.05) is 49.1 Å². The Hall–Kier alpha value is -0.820. The molecule has 0 aliphatic heterocycles. The van der Waals surface area contributed by atoms with Gasteiger partial charge in [0.1, 0.15) is 0 Å². The molecule has 0 aromatic heterocycles. The quantitative estimate of drug-likeness (QED) is 0.774. The second-order valence-corrected chi connectivity index (χ2v) is 4.17. The average Bonchev–Trinajstić information content (AvgIpc) is 2.12. The van der Waals surface area contributed by atoms with Crippen molar-refractivity contribution in [1.82, 2.24) is 0 Å². The number of hydrogen-bond donors (Lipinski definition) is 1. The highest BCUT2D eigenvalue weighted by atomic mass is 14.6. The van der Waals surface area contributed by atoms with E-state index in [-0.39, 0.29) is 6.04 Å². The number of unbranched alkanes of at least 4 members (excludes halogenated alkanes) is 1. The highest BCUT2D eigenvalue weighted by molar-refractivity contribution is 5.30. The molecule has 0 radical (unpaired) electrons. The van der Waals surface area contributed by atoms with Crippen LogP contribution in [0.4, 0.5) is 0 Å². The van der Waals surface area contributed by atoms with E-state index in [4.69, 9.17) is 5.73 Å². The van der Waals surface area contributed by atoms with E-state index in [2.05, 4.69) is 39.0 Å². The molecule has 0 bridgehead atoms. The Kier molecular flexibility index (Phi) is 4.15. The third-order valence-corrected chi connectivity index (χ3v) is 2.54. The fourth-order valence-electron chi connectivity index (χ4n) is 1.81. The summed E-state index contributed by atoms with van der Waals surface area (Å²) in [4.78, 5) is 0. The van der Waals surface area contributed by atoms with Gasteiger partial charge in [0.05, 0.1) is 0 Å². The van der Waals surface area contributed by atoms with Crippen LogP contribution in [0.2, 0.25) is 0 Å². The van der Waals surface area contributed by atoms with Crippen molar-refractivity contribution in [3.05, 3.63) is 34.9 Å². The molecule has 1 aromatic rings. The van der Waals surface area contributed by atoms with Gasteiger partial charge < -0.3 is 5.73 Å². The zero-order valence-corrected chi connectivity index (χ0v) is 9.51. The lowest BCUT2D eigenvalue weighted by Gasteiger charge is -2.13. The highest BCUT2D eigenvalue weighted by Gasteiger charge is 2.05. The van der Waals surface area contributed by atoms with Gasteiger partial charge in [0.25, 0.3) is 0 Å². The molecule has 0 saturated heterocycles. The number of hydrogen-bond acceptors (Lipinski definition) is 1. The number of nitrogens with two attached hydrogens (primary N) is 1. The Balaban J connectivity index is 2.73. The maximum Gasteiger partial charge on any atom is 0.0295 e. The molecule has 1 heteroatoms. The summed E-state index contributed by atoms with van der Waals surface area (Å²) in [7, 11) is 0. The Labute approximate surface area is 87.3 Å². The van der Waals surface area contributed by atoms with Crippen LogP contribution in [0.15, 0.2) is 18.2 Å². The van der Waals surface area contributed by atoms with Gasteiger partial charge in [-0.2, -0.15) is 0 Å². The number of rotatable bonds is 4. The fraction of sp³-hybridized carbons (Fsp3) is 0.538. The molecule has 0 aliphatic carbocycles. The van der Waals surface area contributed by atoms with Crippen LogP contribution in [-0.2, 0) is 0 Å². The summed E-state index contributed by atoms with van der Waals surface area (Å²) in [6.07, 6.45) is 3.53. The van der Waals surface area contributed by atoms with Crippen LogP contribution in [0.25, 0.3) is 0 Å².